The van der Waals surface area contributed by atoms with E-state index in [-0.39, 0.29) is 29.6 Å². The van der Waals surface area contributed by atoms with E-state index in [0.717, 1.165) is 10.8 Å². The summed E-state index contributed by atoms with van der Waals surface area (Å²) < 4.78 is 16.2. The second-order valence-electron chi connectivity index (χ2n) is 8.23. The van der Waals surface area contributed by atoms with Crippen LogP contribution in [0.5, 0.6) is 5.75 Å². The standard InChI is InChI=1S/C29H21N5O5/c1-37-28(36)25-14-12-20(39-25)17-38-24-13-11-18-7-5-6-10-21(18)23(24)16-31-34-29-32-26(19-8-3-2-4-9-19)22(15-30)27(35)33-29/h2-14,16H,17H2,1H3,(H2,32,33,34,35). The Kier molecular flexibility index (Phi) is 7.14. The third-order valence-corrected chi connectivity index (χ3v) is 5.79. The molecular weight excluding hydrogens is 498 g/mol. The number of hydrogen-bond acceptors (Lipinski definition) is 9. The van der Waals surface area contributed by atoms with E-state index in [1.54, 1.807) is 36.5 Å². The molecule has 0 amide bonds. The topological polar surface area (TPSA) is 143 Å². The van der Waals surface area contributed by atoms with E-state index in [0.29, 0.717) is 22.6 Å². The smallest absolute Gasteiger partial charge is 0.373 e. The van der Waals surface area contributed by atoms with Crippen LogP contribution >= 0.6 is 0 Å². The molecule has 0 spiro atoms. The van der Waals surface area contributed by atoms with Gasteiger partial charge in [-0.25, -0.2) is 15.2 Å². The van der Waals surface area contributed by atoms with Crippen molar-refractivity contribution in [2.24, 2.45) is 5.10 Å². The minimum absolute atomic E-state index is 0.0640. The first-order valence-electron chi connectivity index (χ1n) is 11.8. The number of carbonyl (C=O) groups excluding carboxylic acids is 1. The van der Waals surface area contributed by atoms with E-state index < -0.39 is 11.5 Å². The van der Waals surface area contributed by atoms with Gasteiger partial charge in [-0.15, -0.1) is 0 Å². The number of fused-ring (bicyclic) bond motifs is 1. The van der Waals surface area contributed by atoms with Gasteiger partial charge in [-0.05, 0) is 29.0 Å². The average Bonchev–Trinajstić information content (AvgIpc) is 3.45. The van der Waals surface area contributed by atoms with Crippen molar-refractivity contribution in [1.82, 2.24) is 9.97 Å². The van der Waals surface area contributed by atoms with Crippen molar-refractivity contribution < 1.29 is 18.7 Å². The van der Waals surface area contributed by atoms with E-state index in [1.165, 1.54) is 13.2 Å². The Labute approximate surface area is 222 Å². The summed E-state index contributed by atoms with van der Waals surface area (Å²) in [5, 5.41) is 15.6. The third-order valence-electron chi connectivity index (χ3n) is 5.79. The van der Waals surface area contributed by atoms with Crippen LogP contribution in [0.25, 0.3) is 22.0 Å². The number of hydrazone groups is 1. The molecule has 0 bridgehead atoms. The van der Waals surface area contributed by atoms with Gasteiger partial charge in [0.25, 0.3) is 5.56 Å². The quantitative estimate of drug-likeness (QED) is 0.168. The molecule has 0 radical (unpaired) electrons. The van der Waals surface area contributed by atoms with Crippen molar-refractivity contribution in [2.45, 2.75) is 6.61 Å². The molecule has 192 valence electrons. The van der Waals surface area contributed by atoms with E-state index in [4.69, 9.17) is 9.15 Å². The van der Waals surface area contributed by atoms with Gasteiger partial charge in [0, 0.05) is 11.1 Å². The zero-order valence-corrected chi connectivity index (χ0v) is 20.7. The second kappa shape index (κ2) is 11.1. The van der Waals surface area contributed by atoms with Crippen molar-refractivity contribution in [1.29, 1.82) is 5.26 Å². The number of rotatable bonds is 8. The van der Waals surface area contributed by atoms with Crippen molar-refractivity contribution in [3.8, 4) is 23.1 Å². The normalized spacial score (nSPS) is 10.9. The molecule has 0 saturated heterocycles. The van der Waals surface area contributed by atoms with Crippen LogP contribution in [0.1, 0.15) is 27.4 Å². The monoisotopic (exact) mass is 519 g/mol. The zero-order chi connectivity index (χ0) is 27.2. The first-order valence-corrected chi connectivity index (χ1v) is 11.8. The fourth-order valence-electron chi connectivity index (χ4n) is 3.94. The number of hydrogen-bond donors (Lipinski definition) is 2. The Bertz CT molecular complexity index is 1780. The number of furan rings is 1. The SMILES string of the molecule is COC(=O)c1ccc(COc2ccc3ccccc3c2C=NNc2nc(-c3ccccc3)c(C#N)c(=O)[nH]2)o1. The maximum atomic E-state index is 12.5. The van der Waals surface area contributed by atoms with Crippen molar-refractivity contribution in [3.63, 3.8) is 0 Å². The lowest BCUT2D eigenvalue weighted by Crippen LogP contribution is -2.16. The lowest BCUT2D eigenvalue weighted by molar-refractivity contribution is 0.0561. The van der Waals surface area contributed by atoms with Gasteiger partial charge in [-0.3, -0.25) is 9.78 Å². The molecule has 2 heterocycles. The van der Waals surface area contributed by atoms with Gasteiger partial charge < -0.3 is 13.9 Å². The zero-order valence-electron chi connectivity index (χ0n) is 20.7. The Morgan fingerprint density at radius 3 is 2.69 bits per heavy atom. The summed E-state index contributed by atoms with van der Waals surface area (Å²) in [7, 11) is 1.28. The first-order chi connectivity index (χ1) is 19.1. The number of ether oxygens (including phenoxy) is 2. The third kappa shape index (κ3) is 5.38. The summed E-state index contributed by atoms with van der Waals surface area (Å²) in [5.41, 5.74) is 3.63. The summed E-state index contributed by atoms with van der Waals surface area (Å²) >= 11 is 0. The van der Waals surface area contributed by atoms with Crippen LogP contribution in [-0.2, 0) is 11.3 Å². The molecule has 0 fully saturated rings. The molecule has 0 saturated carbocycles. The summed E-state index contributed by atoms with van der Waals surface area (Å²) in [6, 6.07) is 25.5. The summed E-state index contributed by atoms with van der Waals surface area (Å²) in [6.07, 6.45) is 1.56. The van der Waals surface area contributed by atoms with Gasteiger partial charge >= 0.3 is 5.97 Å². The molecule has 3 aromatic carbocycles. The molecule has 2 N–H and O–H groups in total. The minimum atomic E-state index is -0.581. The predicted molar refractivity (Wildman–Crippen MR) is 145 cm³/mol. The van der Waals surface area contributed by atoms with Crippen LogP contribution in [0, 0.1) is 11.3 Å². The highest BCUT2D eigenvalue weighted by Gasteiger charge is 2.14. The molecule has 2 aromatic heterocycles. The maximum Gasteiger partial charge on any atom is 0.373 e. The highest BCUT2D eigenvalue weighted by molar-refractivity contribution is 6.02. The van der Waals surface area contributed by atoms with Crippen LogP contribution in [0.15, 0.2) is 93.2 Å². The van der Waals surface area contributed by atoms with Gasteiger partial charge in [0.15, 0.2) is 0 Å². The highest BCUT2D eigenvalue weighted by atomic mass is 16.5. The minimum Gasteiger partial charge on any atom is -0.485 e. The lowest BCUT2D eigenvalue weighted by atomic mass is 10.0. The molecule has 0 aliphatic carbocycles. The fourth-order valence-corrected chi connectivity index (χ4v) is 3.94. The van der Waals surface area contributed by atoms with E-state index in [1.807, 2.05) is 48.5 Å². The van der Waals surface area contributed by atoms with Crippen LogP contribution in [-0.4, -0.2) is 29.3 Å². The number of aromatic nitrogens is 2. The molecule has 39 heavy (non-hydrogen) atoms. The van der Waals surface area contributed by atoms with Gasteiger partial charge in [0.1, 0.15) is 29.7 Å². The Morgan fingerprint density at radius 2 is 1.90 bits per heavy atom. The van der Waals surface area contributed by atoms with Crippen LogP contribution in [0.2, 0.25) is 0 Å². The van der Waals surface area contributed by atoms with E-state index in [2.05, 4.69) is 25.2 Å². The Balaban J connectivity index is 1.43. The summed E-state index contributed by atoms with van der Waals surface area (Å²) in [5.74, 6) is 0.539. The number of anilines is 1. The molecule has 10 nitrogen and oxygen atoms in total. The molecule has 5 rings (SSSR count). The van der Waals surface area contributed by atoms with Crippen molar-refractivity contribution >= 4 is 28.9 Å². The number of carbonyl (C=O) groups is 1. The molecule has 0 unspecified atom stereocenters. The van der Waals surface area contributed by atoms with Crippen molar-refractivity contribution in [2.75, 3.05) is 12.5 Å². The van der Waals surface area contributed by atoms with Gasteiger partial charge in [-0.2, -0.15) is 10.4 Å². The average molecular weight is 520 g/mol. The molecule has 0 atom stereocenters. The highest BCUT2D eigenvalue weighted by Crippen LogP contribution is 2.28. The maximum absolute atomic E-state index is 12.5. The first kappa shape index (κ1) is 25.0. The number of benzene rings is 3. The molecule has 0 aliphatic heterocycles. The van der Waals surface area contributed by atoms with Crippen LogP contribution in [0.3, 0.4) is 0 Å². The Hall–Kier alpha value is -5.69. The predicted octanol–water partition coefficient (Wildman–Crippen LogP) is 4.87. The molecule has 10 heteroatoms. The van der Waals surface area contributed by atoms with E-state index >= 15 is 0 Å². The number of esters is 1. The van der Waals surface area contributed by atoms with Crippen LogP contribution < -0.4 is 15.7 Å². The number of methoxy groups -OCH3 is 1. The van der Waals surface area contributed by atoms with Gasteiger partial charge in [0.2, 0.25) is 11.7 Å². The summed E-state index contributed by atoms with van der Waals surface area (Å²) in [4.78, 5) is 31.2. The van der Waals surface area contributed by atoms with Crippen LogP contribution in [0.4, 0.5) is 5.95 Å². The lowest BCUT2D eigenvalue weighted by Gasteiger charge is -2.11. The van der Waals surface area contributed by atoms with Crippen molar-refractivity contribution in [3.05, 3.63) is 112 Å². The molecule has 5 aromatic rings. The fraction of sp³-hybridized carbons (Fsp3) is 0.0690. The van der Waals surface area contributed by atoms with Gasteiger partial charge in [-0.1, -0.05) is 60.7 Å². The number of aromatic amines is 1. The molecular formula is C29H21N5O5. The van der Waals surface area contributed by atoms with Gasteiger partial charge in [0.05, 0.1) is 19.0 Å². The van der Waals surface area contributed by atoms with E-state index in [9.17, 15) is 14.9 Å². The number of nitrogens with zero attached hydrogens (tertiary/aromatic N) is 3. The number of nitrogens with one attached hydrogen (secondary N) is 2. The largest absolute Gasteiger partial charge is 0.485 e. The Morgan fingerprint density at radius 1 is 1.10 bits per heavy atom. The second-order valence-corrected chi connectivity index (χ2v) is 8.23. The molecule has 0 aliphatic rings. The number of H-pyrrole nitrogens is 1. The summed E-state index contributed by atoms with van der Waals surface area (Å²) in [6.45, 7) is 0.0640. The number of nitriles is 1.